The standard InChI is InChI=1S/C21H36O3Si/c1-3-17-11-14-23-20(24-16-17)21(12-7-5-6-8-15-25-21)19-18(4-2)10-9-13-22-19/h11,14,16,18-20H,3-10,12-13,15,25H2,1-2H3. The zero-order valence-electron chi connectivity index (χ0n) is 16.2. The van der Waals surface area contributed by atoms with Gasteiger partial charge in [0.25, 0.3) is 0 Å². The van der Waals surface area contributed by atoms with Crippen molar-refractivity contribution >= 4 is 9.52 Å². The van der Waals surface area contributed by atoms with E-state index in [-0.39, 0.29) is 20.8 Å². The van der Waals surface area contributed by atoms with Gasteiger partial charge in [-0.25, -0.2) is 0 Å². The number of rotatable bonds is 4. The Morgan fingerprint density at radius 2 is 2.00 bits per heavy atom. The minimum absolute atomic E-state index is 0.117. The fourth-order valence-corrected chi connectivity index (χ4v) is 7.93. The molecule has 0 aromatic heterocycles. The van der Waals surface area contributed by atoms with Crippen molar-refractivity contribution in [3.63, 3.8) is 0 Å². The van der Waals surface area contributed by atoms with E-state index < -0.39 is 0 Å². The largest absolute Gasteiger partial charge is 0.462 e. The molecule has 0 radical (unpaired) electrons. The molecule has 3 rings (SSSR count). The van der Waals surface area contributed by atoms with Gasteiger partial charge >= 0.3 is 0 Å². The normalized spacial score (nSPS) is 38.0. The van der Waals surface area contributed by atoms with Crippen molar-refractivity contribution in [2.24, 2.45) is 5.92 Å². The Kier molecular flexibility index (Phi) is 7.06. The lowest BCUT2D eigenvalue weighted by Crippen LogP contribution is -2.51. The molecule has 4 atom stereocenters. The molecule has 0 aliphatic carbocycles. The van der Waals surface area contributed by atoms with Gasteiger partial charge < -0.3 is 14.2 Å². The Morgan fingerprint density at radius 3 is 2.84 bits per heavy atom. The number of ether oxygens (including phenoxy) is 3. The van der Waals surface area contributed by atoms with Crippen molar-refractivity contribution in [2.75, 3.05) is 6.61 Å². The third kappa shape index (κ3) is 4.33. The molecule has 0 N–H and O–H groups in total. The first-order chi connectivity index (χ1) is 12.3. The van der Waals surface area contributed by atoms with Gasteiger partial charge in [-0.15, -0.1) is 0 Å². The van der Waals surface area contributed by atoms with Gasteiger partial charge in [-0.1, -0.05) is 52.0 Å². The summed E-state index contributed by atoms with van der Waals surface area (Å²) in [6, 6.07) is 1.40. The lowest BCUT2D eigenvalue weighted by molar-refractivity contribution is -0.158. The molecule has 0 spiro atoms. The van der Waals surface area contributed by atoms with Crippen LogP contribution in [0, 0.1) is 5.92 Å². The summed E-state index contributed by atoms with van der Waals surface area (Å²) in [6.07, 6.45) is 17.4. The second-order valence-corrected chi connectivity index (χ2v) is 10.6. The van der Waals surface area contributed by atoms with Crippen molar-refractivity contribution in [3.8, 4) is 0 Å². The van der Waals surface area contributed by atoms with E-state index in [0.29, 0.717) is 12.0 Å². The van der Waals surface area contributed by atoms with Gasteiger partial charge in [0.05, 0.1) is 23.7 Å². The molecule has 0 bridgehead atoms. The first-order valence-corrected chi connectivity index (χ1v) is 12.3. The molecule has 25 heavy (non-hydrogen) atoms. The monoisotopic (exact) mass is 364 g/mol. The molecule has 0 amide bonds. The Bertz CT molecular complexity index is 466. The first-order valence-electron chi connectivity index (χ1n) is 10.6. The van der Waals surface area contributed by atoms with Crippen molar-refractivity contribution in [2.45, 2.75) is 95.1 Å². The van der Waals surface area contributed by atoms with E-state index in [9.17, 15) is 0 Å². The zero-order chi connectivity index (χ0) is 17.5. The summed E-state index contributed by atoms with van der Waals surface area (Å²) in [6.45, 7) is 5.40. The second kappa shape index (κ2) is 9.27. The molecule has 3 aliphatic rings. The van der Waals surface area contributed by atoms with E-state index in [1.165, 1.54) is 63.0 Å². The zero-order valence-corrected chi connectivity index (χ0v) is 17.6. The predicted molar refractivity (Wildman–Crippen MR) is 105 cm³/mol. The Hall–Kier alpha value is -0.743. The van der Waals surface area contributed by atoms with Crippen LogP contribution in [0.1, 0.15) is 71.6 Å². The van der Waals surface area contributed by atoms with E-state index in [2.05, 4.69) is 19.9 Å². The van der Waals surface area contributed by atoms with Crippen LogP contribution >= 0.6 is 0 Å². The Balaban J connectivity index is 1.90. The summed E-state index contributed by atoms with van der Waals surface area (Å²) in [4.78, 5) is 0. The predicted octanol–water partition coefficient (Wildman–Crippen LogP) is 5.08. The molecule has 3 aliphatic heterocycles. The average molecular weight is 365 g/mol. The smallest absolute Gasteiger partial charge is 0.244 e. The van der Waals surface area contributed by atoms with Gasteiger partial charge in [0.15, 0.2) is 0 Å². The Labute approximate surface area is 156 Å². The SMILES string of the molecule is CCC1=COC(C2(C3OCCCC3CC)CCCCCC[SiH2]2)OC=C1. The summed E-state index contributed by atoms with van der Waals surface area (Å²) >= 11 is 0. The lowest BCUT2D eigenvalue weighted by atomic mass is 9.80. The summed E-state index contributed by atoms with van der Waals surface area (Å²) in [5.41, 5.74) is 1.21. The molecule has 0 aromatic rings. The number of hydrogen-bond donors (Lipinski definition) is 0. The highest BCUT2D eigenvalue weighted by molar-refractivity contribution is 6.40. The van der Waals surface area contributed by atoms with Crippen LogP contribution in [0.3, 0.4) is 0 Å². The van der Waals surface area contributed by atoms with Crippen LogP contribution in [-0.4, -0.2) is 28.5 Å². The molecular weight excluding hydrogens is 328 g/mol. The third-order valence-electron chi connectivity index (χ3n) is 6.53. The van der Waals surface area contributed by atoms with Crippen LogP contribution in [0.25, 0.3) is 0 Å². The van der Waals surface area contributed by atoms with E-state index in [1.807, 2.05) is 12.5 Å². The van der Waals surface area contributed by atoms with Crippen molar-refractivity contribution in [1.82, 2.24) is 0 Å². The quantitative estimate of drug-likeness (QED) is 0.651. The molecule has 2 fully saturated rings. The van der Waals surface area contributed by atoms with Gasteiger partial charge in [0, 0.05) is 16.1 Å². The highest BCUT2D eigenvalue weighted by atomic mass is 28.2. The van der Waals surface area contributed by atoms with Crippen LogP contribution in [0.4, 0.5) is 0 Å². The van der Waals surface area contributed by atoms with Crippen LogP contribution < -0.4 is 0 Å². The number of allylic oxidation sites excluding steroid dienone is 2. The van der Waals surface area contributed by atoms with Crippen LogP contribution in [0.15, 0.2) is 24.2 Å². The molecule has 0 aromatic carbocycles. The highest BCUT2D eigenvalue weighted by Gasteiger charge is 2.51. The van der Waals surface area contributed by atoms with Crippen molar-refractivity contribution < 1.29 is 14.2 Å². The fourth-order valence-electron chi connectivity index (χ4n) is 5.01. The summed E-state index contributed by atoms with van der Waals surface area (Å²) in [5, 5.41) is 0.117. The van der Waals surface area contributed by atoms with Crippen molar-refractivity contribution in [3.05, 3.63) is 24.2 Å². The molecule has 4 unspecified atom stereocenters. The van der Waals surface area contributed by atoms with E-state index in [1.54, 1.807) is 0 Å². The second-order valence-electron chi connectivity index (χ2n) is 8.06. The molecule has 3 nitrogen and oxygen atoms in total. The molecule has 0 saturated carbocycles. The minimum atomic E-state index is -0.349. The summed E-state index contributed by atoms with van der Waals surface area (Å²) in [5.74, 6) is 0.662. The first kappa shape index (κ1) is 19.0. The van der Waals surface area contributed by atoms with Gasteiger partial charge in [0.1, 0.15) is 0 Å². The highest BCUT2D eigenvalue weighted by Crippen LogP contribution is 2.51. The third-order valence-corrected chi connectivity index (χ3v) is 9.40. The fraction of sp³-hybridized carbons (Fsp3) is 0.810. The van der Waals surface area contributed by atoms with E-state index >= 15 is 0 Å². The molecule has 142 valence electrons. The molecule has 4 heteroatoms. The average Bonchev–Trinajstić information content (AvgIpc) is 2.88. The lowest BCUT2D eigenvalue weighted by Gasteiger charge is -2.49. The van der Waals surface area contributed by atoms with Crippen LogP contribution in [-0.2, 0) is 14.2 Å². The van der Waals surface area contributed by atoms with Gasteiger partial charge in [0.2, 0.25) is 6.29 Å². The van der Waals surface area contributed by atoms with E-state index in [0.717, 1.165) is 13.0 Å². The molecule has 2 saturated heterocycles. The maximum absolute atomic E-state index is 6.50. The summed E-state index contributed by atoms with van der Waals surface area (Å²) in [7, 11) is -0.349. The van der Waals surface area contributed by atoms with Gasteiger partial charge in [-0.05, 0) is 43.3 Å². The Morgan fingerprint density at radius 1 is 1.12 bits per heavy atom. The number of hydrogen-bond acceptors (Lipinski definition) is 3. The van der Waals surface area contributed by atoms with Gasteiger partial charge in [-0.2, -0.15) is 0 Å². The topological polar surface area (TPSA) is 27.7 Å². The minimum Gasteiger partial charge on any atom is -0.462 e. The van der Waals surface area contributed by atoms with Crippen LogP contribution in [0.5, 0.6) is 0 Å². The molecule has 3 heterocycles. The maximum atomic E-state index is 6.50. The summed E-state index contributed by atoms with van der Waals surface area (Å²) < 4.78 is 19.0. The van der Waals surface area contributed by atoms with Gasteiger partial charge in [-0.3, -0.25) is 0 Å². The van der Waals surface area contributed by atoms with Crippen molar-refractivity contribution in [1.29, 1.82) is 0 Å². The maximum Gasteiger partial charge on any atom is 0.244 e. The van der Waals surface area contributed by atoms with E-state index in [4.69, 9.17) is 14.2 Å². The van der Waals surface area contributed by atoms with Crippen LogP contribution in [0.2, 0.25) is 11.1 Å². The molecular formula is C21H36O3Si.